The Hall–Kier alpha value is -2.40. The zero-order chi connectivity index (χ0) is 14.8. The Kier molecular flexibility index (Phi) is 3.58. The quantitative estimate of drug-likeness (QED) is 0.796. The van der Waals surface area contributed by atoms with Crippen LogP contribution in [0.25, 0.3) is 5.57 Å². The van der Waals surface area contributed by atoms with Gasteiger partial charge in [-0.05, 0) is 53.2 Å². The first-order valence-corrected chi connectivity index (χ1v) is 7.21. The molecule has 0 heterocycles. The first-order valence-electron chi connectivity index (χ1n) is 7.21. The molecule has 0 amide bonds. The molecule has 0 saturated carbocycles. The van der Waals surface area contributed by atoms with Crippen molar-refractivity contribution >= 4 is 5.57 Å². The van der Waals surface area contributed by atoms with Gasteiger partial charge in [-0.15, -0.1) is 0 Å². The zero-order valence-electron chi connectivity index (χ0n) is 12.0. The summed E-state index contributed by atoms with van der Waals surface area (Å²) in [5, 5.41) is 8.89. The number of benzene rings is 2. The second-order valence-corrected chi connectivity index (χ2v) is 5.34. The average molecular weight is 277 g/mol. The van der Waals surface area contributed by atoms with Crippen LogP contribution in [0.15, 0.2) is 42.5 Å². The minimum absolute atomic E-state index is 0.137. The SMILES string of the molecule is CCc1ccc(C2=CCc3c(ccc(C#N)c3F)C2)cc1. The van der Waals surface area contributed by atoms with E-state index >= 15 is 0 Å². The van der Waals surface area contributed by atoms with Gasteiger partial charge in [0, 0.05) is 0 Å². The Morgan fingerprint density at radius 3 is 2.57 bits per heavy atom. The summed E-state index contributed by atoms with van der Waals surface area (Å²) in [6.45, 7) is 2.14. The van der Waals surface area contributed by atoms with Gasteiger partial charge in [0.25, 0.3) is 0 Å². The Bertz CT molecular complexity index is 748. The van der Waals surface area contributed by atoms with Crippen molar-refractivity contribution in [2.45, 2.75) is 26.2 Å². The molecule has 0 unspecified atom stereocenters. The van der Waals surface area contributed by atoms with Gasteiger partial charge in [0.2, 0.25) is 0 Å². The summed E-state index contributed by atoms with van der Waals surface area (Å²) in [6, 6.07) is 13.9. The van der Waals surface area contributed by atoms with E-state index in [0.29, 0.717) is 12.0 Å². The zero-order valence-corrected chi connectivity index (χ0v) is 12.0. The highest BCUT2D eigenvalue weighted by Crippen LogP contribution is 2.30. The standard InChI is InChI=1S/C19H16FN/c1-2-13-3-5-14(6-4-13)15-9-10-18-16(11-15)7-8-17(12-21)19(18)20/h3-9H,2,10-11H2,1H3. The first-order chi connectivity index (χ1) is 10.2. The predicted octanol–water partition coefficient (Wildman–Crippen LogP) is 4.44. The van der Waals surface area contributed by atoms with E-state index in [4.69, 9.17) is 5.26 Å². The molecule has 104 valence electrons. The van der Waals surface area contributed by atoms with E-state index in [1.807, 2.05) is 12.1 Å². The second kappa shape index (κ2) is 5.54. The summed E-state index contributed by atoms with van der Waals surface area (Å²) in [6.07, 6.45) is 4.39. The lowest BCUT2D eigenvalue weighted by molar-refractivity contribution is 0.607. The largest absolute Gasteiger partial charge is 0.205 e. The van der Waals surface area contributed by atoms with Gasteiger partial charge < -0.3 is 0 Å². The molecule has 0 radical (unpaired) electrons. The molecule has 0 saturated heterocycles. The number of nitriles is 1. The minimum atomic E-state index is -0.355. The number of aryl methyl sites for hydroxylation is 1. The van der Waals surface area contributed by atoms with Gasteiger partial charge in [0.1, 0.15) is 11.9 Å². The second-order valence-electron chi connectivity index (χ2n) is 5.34. The lowest BCUT2D eigenvalue weighted by Gasteiger charge is -2.18. The Morgan fingerprint density at radius 1 is 1.14 bits per heavy atom. The molecule has 0 N–H and O–H groups in total. The van der Waals surface area contributed by atoms with Gasteiger partial charge >= 0.3 is 0 Å². The van der Waals surface area contributed by atoms with Crippen molar-refractivity contribution in [2.24, 2.45) is 0 Å². The number of allylic oxidation sites excluding steroid dienone is 2. The molecule has 1 nitrogen and oxygen atoms in total. The van der Waals surface area contributed by atoms with Crippen LogP contribution >= 0.6 is 0 Å². The fourth-order valence-electron chi connectivity index (χ4n) is 2.81. The van der Waals surface area contributed by atoms with Crippen LogP contribution in [0.5, 0.6) is 0 Å². The van der Waals surface area contributed by atoms with Crippen LogP contribution in [0.4, 0.5) is 4.39 Å². The third kappa shape index (κ3) is 2.48. The smallest absolute Gasteiger partial charge is 0.144 e. The number of hydrogen-bond donors (Lipinski definition) is 0. The topological polar surface area (TPSA) is 23.8 Å². The maximum absolute atomic E-state index is 14.1. The van der Waals surface area contributed by atoms with E-state index in [9.17, 15) is 4.39 Å². The normalized spacial score (nSPS) is 13.3. The molecule has 0 spiro atoms. The van der Waals surface area contributed by atoms with Crippen molar-refractivity contribution in [3.8, 4) is 6.07 Å². The highest BCUT2D eigenvalue weighted by atomic mass is 19.1. The van der Waals surface area contributed by atoms with E-state index in [1.165, 1.54) is 16.7 Å². The Balaban J connectivity index is 1.92. The van der Waals surface area contributed by atoms with E-state index in [-0.39, 0.29) is 11.4 Å². The van der Waals surface area contributed by atoms with Gasteiger partial charge in [0.15, 0.2) is 0 Å². The molecular formula is C19H16FN. The number of halogens is 1. The lowest BCUT2D eigenvalue weighted by Crippen LogP contribution is -2.06. The van der Waals surface area contributed by atoms with Gasteiger partial charge in [-0.1, -0.05) is 43.3 Å². The molecule has 2 aromatic carbocycles. The molecule has 1 aliphatic rings. The fraction of sp³-hybridized carbons (Fsp3) is 0.211. The molecule has 2 aromatic rings. The molecule has 21 heavy (non-hydrogen) atoms. The highest BCUT2D eigenvalue weighted by Gasteiger charge is 2.18. The van der Waals surface area contributed by atoms with Crippen molar-refractivity contribution in [3.05, 3.63) is 76.1 Å². The van der Waals surface area contributed by atoms with Gasteiger partial charge in [-0.3, -0.25) is 0 Å². The highest BCUT2D eigenvalue weighted by molar-refractivity contribution is 5.71. The molecule has 2 heteroatoms. The van der Waals surface area contributed by atoms with Crippen LogP contribution in [-0.4, -0.2) is 0 Å². The van der Waals surface area contributed by atoms with Crippen LogP contribution in [0.2, 0.25) is 0 Å². The van der Waals surface area contributed by atoms with Crippen LogP contribution in [-0.2, 0) is 19.3 Å². The van der Waals surface area contributed by atoms with Crippen molar-refractivity contribution in [3.63, 3.8) is 0 Å². The third-order valence-electron chi connectivity index (χ3n) is 4.13. The summed E-state index contributed by atoms with van der Waals surface area (Å²) in [5.41, 5.74) is 5.54. The molecule has 0 atom stereocenters. The summed E-state index contributed by atoms with van der Waals surface area (Å²) >= 11 is 0. The summed E-state index contributed by atoms with van der Waals surface area (Å²) in [7, 11) is 0. The van der Waals surface area contributed by atoms with Gasteiger partial charge in [-0.25, -0.2) is 4.39 Å². The summed E-state index contributed by atoms with van der Waals surface area (Å²) in [5.74, 6) is -0.355. The van der Waals surface area contributed by atoms with Crippen molar-refractivity contribution in [1.82, 2.24) is 0 Å². The molecule has 0 aliphatic heterocycles. The van der Waals surface area contributed by atoms with Crippen molar-refractivity contribution in [2.75, 3.05) is 0 Å². The van der Waals surface area contributed by atoms with E-state index in [0.717, 1.165) is 18.4 Å². The number of hydrogen-bond acceptors (Lipinski definition) is 1. The van der Waals surface area contributed by atoms with Crippen LogP contribution in [0.1, 0.15) is 34.7 Å². The van der Waals surface area contributed by atoms with E-state index in [2.05, 4.69) is 37.3 Å². The molecular weight excluding hydrogens is 261 g/mol. The average Bonchev–Trinajstić information content (AvgIpc) is 2.55. The van der Waals surface area contributed by atoms with Gasteiger partial charge in [-0.2, -0.15) is 5.26 Å². The summed E-state index contributed by atoms with van der Waals surface area (Å²) < 4.78 is 14.1. The molecule has 0 bridgehead atoms. The number of rotatable bonds is 2. The van der Waals surface area contributed by atoms with Crippen LogP contribution in [0, 0.1) is 17.1 Å². The van der Waals surface area contributed by atoms with E-state index in [1.54, 1.807) is 6.07 Å². The first kappa shape index (κ1) is 13.6. The van der Waals surface area contributed by atoms with Crippen LogP contribution < -0.4 is 0 Å². The third-order valence-corrected chi connectivity index (χ3v) is 4.13. The van der Waals surface area contributed by atoms with E-state index < -0.39 is 0 Å². The van der Waals surface area contributed by atoms with Crippen molar-refractivity contribution in [1.29, 1.82) is 5.26 Å². The molecule has 1 aliphatic carbocycles. The number of fused-ring (bicyclic) bond motifs is 1. The minimum Gasteiger partial charge on any atom is -0.205 e. The fourth-order valence-corrected chi connectivity index (χ4v) is 2.81. The lowest BCUT2D eigenvalue weighted by atomic mass is 9.86. The molecule has 0 aromatic heterocycles. The molecule has 0 fully saturated rings. The maximum Gasteiger partial charge on any atom is 0.144 e. The Labute approximate surface area is 124 Å². The summed E-state index contributed by atoms with van der Waals surface area (Å²) in [4.78, 5) is 0. The molecule has 3 rings (SSSR count). The predicted molar refractivity (Wildman–Crippen MR) is 82.3 cm³/mol. The van der Waals surface area contributed by atoms with Crippen molar-refractivity contribution < 1.29 is 4.39 Å². The van der Waals surface area contributed by atoms with Crippen LogP contribution in [0.3, 0.4) is 0 Å². The van der Waals surface area contributed by atoms with Gasteiger partial charge in [0.05, 0.1) is 5.56 Å². The maximum atomic E-state index is 14.1. The number of nitrogens with zero attached hydrogens (tertiary/aromatic N) is 1. The monoisotopic (exact) mass is 277 g/mol. The Morgan fingerprint density at radius 2 is 1.90 bits per heavy atom.